The van der Waals surface area contributed by atoms with E-state index in [0.717, 1.165) is 129 Å². The van der Waals surface area contributed by atoms with E-state index in [1.165, 1.54) is 33.7 Å². The van der Waals surface area contributed by atoms with E-state index < -0.39 is 60.9 Å². The first-order valence-electron chi connectivity index (χ1n) is 38.1. The molecule has 3 fully saturated rings. The van der Waals surface area contributed by atoms with E-state index in [-0.39, 0.29) is 73.7 Å². The number of pyridine rings is 1. The fourth-order valence-corrected chi connectivity index (χ4v) is 16.9. The molecular formula is C80H103ClN14O13S2. The molecule has 4 atom stereocenters. The van der Waals surface area contributed by atoms with E-state index in [2.05, 4.69) is 76.2 Å². The molecule has 0 bridgehead atoms. The standard InChI is InChI=1S/C80H103ClN14O13S2/c1-53(55-9-11-57(12-10-55)72-54(2)84-52-109-72)85-76(99)69-47-62(96)51-94(69)78(100)73(79(3,4)5)86-71(97)23-39-105-41-43-107-44-42-106-40-37-90-31-29-89(30-32-90)28-26-82-66-20-18-63(48-68(66)95(101)102)110(103,104)88-75(98)64-19-17-61(46-67(64)93-27-8-38-108-77-70(93)45-58-22-25-83-74(58)87-77)92-35-33-91(34-36-92)50-59-21-24-80(6,7)49-65(59)56-13-15-60(81)16-14-56/h9-20,22,25,45-46,48,52-53,62,69,73,82,96H,8,21,23-24,26-44,47,49-51H2,1-7H3,(H,83,87)(H,85,99)(H,86,97)(H,88,98)/t53-,62+,69-,73+/m0/s1. The van der Waals surface area contributed by atoms with Crippen molar-refractivity contribution in [2.24, 2.45) is 10.8 Å². The van der Waals surface area contributed by atoms with E-state index in [1.807, 2.05) is 106 Å². The highest BCUT2D eigenvalue weighted by Gasteiger charge is 2.45. The van der Waals surface area contributed by atoms with E-state index >= 15 is 0 Å². The zero-order chi connectivity index (χ0) is 77.9. The van der Waals surface area contributed by atoms with Crippen LogP contribution >= 0.6 is 22.9 Å². The number of aliphatic hydroxyl groups excluding tert-OH is 1. The zero-order valence-corrected chi connectivity index (χ0v) is 66.2. The largest absolute Gasteiger partial charge is 0.476 e. The van der Waals surface area contributed by atoms with Crippen LogP contribution in [0.5, 0.6) is 5.88 Å². The quantitative estimate of drug-likeness (QED) is 0.0134. The van der Waals surface area contributed by atoms with Crippen LogP contribution in [0.1, 0.15) is 113 Å². The van der Waals surface area contributed by atoms with Crippen molar-refractivity contribution in [1.29, 1.82) is 0 Å². The van der Waals surface area contributed by atoms with Gasteiger partial charge in [-0.1, -0.05) is 88.2 Å². The van der Waals surface area contributed by atoms with Crippen LogP contribution in [0.2, 0.25) is 5.02 Å². The van der Waals surface area contributed by atoms with Gasteiger partial charge < -0.3 is 59.7 Å². The number of hydrogen-bond acceptors (Lipinski definition) is 22. The van der Waals surface area contributed by atoms with Crippen molar-refractivity contribution in [3.05, 3.63) is 152 Å². The Balaban J connectivity index is 0.558. The molecule has 3 saturated heterocycles. The number of aromatic amines is 1. The summed E-state index contributed by atoms with van der Waals surface area (Å²) in [6, 6.07) is 26.7. The molecule has 110 heavy (non-hydrogen) atoms. The van der Waals surface area contributed by atoms with Crippen LogP contribution in [-0.2, 0) is 38.6 Å². The highest BCUT2D eigenvalue weighted by Crippen LogP contribution is 2.45. The normalized spacial score (nSPS) is 18.7. The molecule has 5 aliphatic rings. The van der Waals surface area contributed by atoms with Gasteiger partial charge in [0.05, 0.1) is 95.5 Å². The molecule has 0 unspecified atom stereocenters. The first-order valence-corrected chi connectivity index (χ1v) is 40.8. The predicted octanol–water partition coefficient (Wildman–Crippen LogP) is 10.2. The Bertz CT molecular complexity index is 4540. The minimum atomic E-state index is -4.66. The molecule has 0 radical (unpaired) electrons. The lowest BCUT2D eigenvalue weighted by atomic mass is 9.72. The highest BCUT2D eigenvalue weighted by molar-refractivity contribution is 7.90. The number of carbonyl (C=O) groups excluding carboxylic acids is 4. The van der Waals surface area contributed by atoms with Crippen molar-refractivity contribution in [3.8, 4) is 16.3 Å². The van der Waals surface area contributed by atoms with Gasteiger partial charge in [0.2, 0.25) is 23.6 Å². The third-order valence-electron chi connectivity index (χ3n) is 21.3. The highest BCUT2D eigenvalue weighted by atomic mass is 35.5. The first-order chi connectivity index (χ1) is 52.7. The van der Waals surface area contributed by atoms with E-state index in [1.54, 1.807) is 23.6 Å². The van der Waals surface area contributed by atoms with Crippen molar-refractivity contribution < 1.29 is 56.6 Å². The number of nitro benzene ring substituents is 1. The smallest absolute Gasteiger partial charge is 0.293 e. The van der Waals surface area contributed by atoms with Gasteiger partial charge in [0, 0.05) is 133 Å². The van der Waals surface area contributed by atoms with Gasteiger partial charge in [0.25, 0.3) is 21.6 Å². The number of fused-ring (bicyclic) bond motifs is 2. The number of nitrogens with one attached hydrogen (secondary N) is 5. The lowest BCUT2D eigenvalue weighted by Crippen LogP contribution is -2.58. The summed E-state index contributed by atoms with van der Waals surface area (Å²) in [5.74, 6) is -1.74. The molecule has 0 saturated carbocycles. The summed E-state index contributed by atoms with van der Waals surface area (Å²) >= 11 is 7.88. The number of aliphatic hydroxyl groups is 1. The van der Waals surface area contributed by atoms with Gasteiger partial charge in [0.15, 0.2) is 0 Å². The molecule has 12 rings (SSSR count). The summed E-state index contributed by atoms with van der Waals surface area (Å²) in [6.45, 7) is 25.3. The number of β-amino-alcohol motifs (C(OH)–C–C–N with tert-alkyl or cyclic N) is 1. The summed E-state index contributed by atoms with van der Waals surface area (Å²) < 4.78 is 54.2. The molecular weight excluding hydrogens is 1460 g/mol. The molecule has 4 aromatic carbocycles. The summed E-state index contributed by atoms with van der Waals surface area (Å²) in [5, 5.41) is 33.9. The number of sulfonamides is 1. The first kappa shape index (κ1) is 80.9. The van der Waals surface area contributed by atoms with Crippen molar-refractivity contribution >= 4 is 102 Å². The lowest BCUT2D eigenvalue weighted by molar-refractivity contribution is -0.384. The number of thiazole rings is 1. The van der Waals surface area contributed by atoms with Gasteiger partial charge in [-0.25, -0.2) is 18.1 Å². The molecule has 1 aliphatic carbocycles. The Labute approximate surface area is 652 Å². The number of amides is 4. The van der Waals surface area contributed by atoms with Crippen molar-refractivity contribution in [1.82, 2.24) is 49.9 Å². The van der Waals surface area contributed by atoms with Crippen LogP contribution in [-0.4, -0.2) is 233 Å². The van der Waals surface area contributed by atoms with Crippen LogP contribution < -0.4 is 35.2 Å². The van der Waals surface area contributed by atoms with E-state index in [9.17, 15) is 42.8 Å². The maximum atomic E-state index is 14.7. The second-order valence-corrected chi connectivity index (χ2v) is 33.9. The van der Waals surface area contributed by atoms with Gasteiger partial charge in [-0.2, -0.15) is 4.98 Å². The van der Waals surface area contributed by atoms with Gasteiger partial charge >= 0.3 is 0 Å². The maximum Gasteiger partial charge on any atom is 0.293 e. The van der Waals surface area contributed by atoms with Crippen LogP contribution in [0.3, 0.4) is 0 Å². The van der Waals surface area contributed by atoms with Crippen LogP contribution in [0, 0.1) is 27.9 Å². The molecule has 7 aromatic rings. The number of likely N-dealkylation sites (tertiary alicyclic amines) is 1. The van der Waals surface area contributed by atoms with Gasteiger partial charge in [0.1, 0.15) is 29.1 Å². The number of benzene rings is 4. The monoisotopic (exact) mass is 1570 g/mol. The maximum absolute atomic E-state index is 14.7. The predicted molar refractivity (Wildman–Crippen MR) is 427 cm³/mol. The SMILES string of the molecule is Cc1ncsc1-c1ccc([C@H](C)NC(=O)[C@@H]2C[C@@H](O)CN2C(=O)[C@@H](NC(=O)CCOCCOCCOCCN2CCN(CCNc3ccc(S(=O)(=O)NC(=O)c4ccc(N5CCN(CC6=C(c7ccc(Cl)cc7)CC(C)(C)CC6)CC5)cc4N4CCCOc5nc6[nH]ccc6cc54)cc3[N+](=O)[O-])CC2)C(C)(C)C)cc1. The number of rotatable bonds is 31. The third-order valence-corrected chi connectivity index (χ3v) is 23.9. The van der Waals surface area contributed by atoms with Crippen molar-refractivity contribution in [3.63, 3.8) is 0 Å². The third kappa shape index (κ3) is 20.5. The number of aryl methyl sites for hydroxylation is 1. The number of halogens is 1. The number of anilines is 4. The topological polar surface area (TPSA) is 312 Å². The molecule has 590 valence electrons. The number of piperazine rings is 2. The molecule has 0 spiro atoms. The molecule has 4 amide bonds. The summed E-state index contributed by atoms with van der Waals surface area (Å²) in [7, 11) is -4.66. The Morgan fingerprint density at radius 3 is 2.22 bits per heavy atom. The second-order valence-electron chi connectivity index (χ2n) is 30.9. The van der Waals surface area contributed by atoms with Crippen LogP contribution in [0.25, 0.3) is 27.0 Å². The molecule has 30 heteroatoms. The number of allylic oxidation sites excluding steroid dienone is 1. The lowest BCUT2D eigenvalue weighted by Gasteiger charge is -2.39. The van der Waals surface area contributed by atoms with Crippen molar-refractivity contribution in [2.45, 2.75) is 116 Å². The van der Waals surface area contributed by atoms with Crippen molar-refractivity contribution in [2.75, 3.05) is 153 Å². The van der Waals surface area contributed by atoms with E-state index in [4.69, 9.17) is 35.5 Å². The molecule has 4 aliphatic heterocycles. The fourth-order valence-electron chi connectivity index (χ4n) is 15.0. The summed E-state index contributed by atoms with van der Waals surface area (Å²) in [4.78, 5) is 93.4. The molecule has 27 nitrogen and oxygen atoms in total. The Morgan fingerprint density at radius 2 is 1.52 bits per heavy atom. The van der Waals surface area contributed by atoms with Gasteiger partial charge in [-0.05, 0) is 127 Å². The van der Waals surface area contributed by atoms with Crippen LogP contribution in [0.4, 0.5) is 28.4 Å². The minimum Gasteiger partial charge on any atom is -0.476 e. The average Bonchev–Trinajstić information content (AvgIpc) is 1.32. The number of H-pyrrole nitrogens is 1. The number of hydrogen-bond donors (Lipinski definition) is 6. The Morgan fingerprint density at radius 1 is 0.827 bits per heavy atom. The van der Waals surface area contributed by atoms with E-state index in [0.29, 0.717) is 75.4 Å². The van der Waals surface area contributed by atoms with Gasteiger partial charge in [-0.15, -0.1) is 11.3 Å². The number of nitrogens with zero attached hydrogens (tertiary/aromatic N) is 9. The molecule has 7 heterocycles. The zero-order valence-electron chi connectivity index (χ0n) is 63.9. The molecule has 3 aromatic heterocycles. The summed E-state index contributed by atoms with van der Waals surface area (Å²) in [6.07, 6.45) is 4.69. The summed E-state index contributed by atoms with van der Waals surface area (Å²) in [5.41, 5.74) is 10.6. The Kier molecular flexibility index (Phi) is 26.7. The molecule has 6 N–H and O–H groups in total. The number of carbonyl (C=O) groups is 4. The average molecular weight is 1570 g/mol. The fraction of sp³-hybridized carbons (Fsp3) is 0.500. The number of nitro groups is 1. The minimum absolute atomic E-state index is 0.00271. The number of aromatic nitrogens is 3. The second kappa shape index (κ2) is 36.2. The van der Waals surface area contributed by atoms with Crippen LogP contribution in [0.15, 0.2) is 119 Å². The van der Waals surface area contributed by atoms with Gasteiger partial charge in [-0.3, -0.25) is 44.0 Å². The number of ether oxygens (including phenoxy) is 4. The Hall–Kier alpha value is -8.62.